The first-order chi connectivity index (χ1) is 8.19. The number of hydrogen-bond acceptors (Lipinski definition) is 4. The summed E-state index contributed by atoms with van der Waals surface area (Å²) in [5.74, 6) is 0.548. The molecule has 1 heterocycles. The largest absolute Gasteiger partial charge is 0.338 e. The molecule has 84 valence electrons. The van der Waals surface area contributed by atoms with E-state index in [0.717, 1.165) is 10.2 Å². The SMILES string of the molecule is N#Cc1cnc(Nc2cc(Cl)ccc2Br)cn1. The van der Waals surface area contributed by atoms with Gasteiger partial charge in [0, 0.05) is 9.50 Å². The van der Waals surface area contributed by atoms with Gasteiger partial charge in [-0.25, -0.2) is 9.97 Å². The third-order valence-electron chi connectivity index (χ3n) is 1.96. The summed E-state index contributed by atoms with van der Waals surface area (Å²) in [4.78, 5) is 7.97. The minimum absolute atomic E-state index is 0.278. The maximum absolute atomic E-state index is 8.60. The van der Waals surface area contributed by atoms with E-state index in [9.17, 15) is 0 Å². The topological polar surface area (TPSA) is 61.6 Å². The zero-order valence-corrected chi connectivity index (χ0v) is 10.8. The molecule has 0 saturated heterocycles. The van der Waals surface area contributed by atoms with Crippen LogP contribution in [0.4, 0.5) is 11.5 Å². The van der Waals surface area contributed by atoms with Gasteiger partial charge in [-0.05, 0) is 34.1 Å². The van der Waals surface area contributed by atoms with E-state index >= 15 is 0 Å². The first kappa shape index (κ1) is 11.8. The number of aromatic nitrogens is 2. The number of nitrogens with one attached hydrogen (secondary N) is 1. The average molecular weight is 310 g/mol. The van der Waals surface area contributed by atoms with Crippen molar-refractivity contribution in [1.29, 1.82) is 5.26 Å². The molecule has 6 heteroatoms. The fourth-order valence-electron chi connectivity index (χ4n) is 1.18. The van der Waals surface area contributed by atoms with Crippen LogP contribution in [-0.4, -0.2) is 9.97 Å². The van der Waals surface area contributed by atoms with Gasteiger partial charge in [-0.3, -0.25) is 0 Å². The van der Waals surface area contributed by atoms with Crippen LogP contribution in [-0.2, 0) is 0 Å². The Morgan fingerprint density at radius 2 is 2.12 bits per heavy atom. The molecule has 1 aromatic carbocycles. The molecule has 0 amide bonds. The molecular formula is C11H6BrClN4. The molecular weight excluding hydrogens is 304 g/mol. The van der Waals surface area contributed by atoms with Crippen molar-refractivity contribution in [3.05, 3.63) is 45.8 Å². The van der Waals surface area contributed by atoms with Gasteiger partial charge in [0.25, 0.3) is 0 Å². The van der Waals surface area contributed by atoms with Crippen LogP contribution in [0.15, 0.2) is 35.1 Å². The van der Waals surface area contributed by atoms with Gasteiger partial charge < -0.3 is 5.32 Å². The summed E-state index contributed by atoms with van der Waals surface area (Å²) in [6.07, 6.45) is 2.90. The summed E-state index contributed by atoms with van der Waals surface area (Å²) >= 11 is 9.29. The van der Waals surface area contributed by atoms with Gasteiger partial charge in [0.1, 0.15) is 11.9 Å². The van der Waals surface area contributed by atoms with E-state index in [1.54, 1.807) is 12.1 Å². The maximum Gasteiger partial charge on any atom is 0.158 e. The highest BCUT2D eigenvalue weighted by Crippen LogP contribution is 2.27. The molecule has 0 spiro atoms. The third kappa shape index (κ3) is 2.93. The molecule has 0 radical (unpaired) electrons. The molecule has 2 aromatic rings. The smallest absolute Gasteiger partial charge is 0.158 e. The van der Waals surface area contributed by atoms with E-state index in [1.807, 2.05) is 12.1 Å². The molecule has 1 aromatic heterocycles. The second-order valence-electron chi connectivity index (χ2n) is 3.15. The molecule has 0 fully saturated rings. The van der Waals surface area contributed by atoms with E-state index in [4.69, 9.17) is 16.9 Å². The zero-order valence-electron chi connectivity index (χ0n) is 8.48. The van der Waals surface area contributed by atoms with Crippen molar-refractivity contribution in [2.45, 2.75) is 0 Å². The van der Waals surface area contributed by atoms with Gasteiger partial charge in [-0.15, -0.1) is 0 Å². The van der Waals surface area contributed by atoms with Crippen molar-refractivity contribution in [2.24, 2.45) is 0 Å². The summed E-state index contributed by atoms with van der Waals surface area (Å²) in [6.45, 7) is 0. The number of nitriles is 1. The quantitative estimate of drug-likeness (QED) is 0.922. The van der Waals surface area contributed by atoms with E-state index in [2.05, 4.69) is 31.2 Å². The van der Waals surface area contributed by atoms with Crippen molar-refractivity contribution in [3.63, 3.8) is 0 Å². The van der Waals surface area contributed by atoms with E-state index in [-0.39, 0.29) is 5.69 Å². The van der Waals surface area contributed by atoms with Gasteiger partial charge in [0.2, 0.25) is 0 Å². The number of hydrogen-bond donors (Lipinski definition) is 1. The van der Waals surface area contributed by atoms with Crippen LogP contribution in [0.5, 0.6) is 0 Å². The molecule has 0 bridgehead atoms. The normalized spacial score (nSPS) is 9.71. The molecule has 2 rings (SSSR count). The Morgan fingerprint density at radius 3 is 2.76 bits per heavy atom. The number of nitrogens with zero attached hydrogens (tertiary/aromatic N) is 3. The zero-order chi connectivity index (χ0) is 12.3. The molecule has 4 nitrogen and oxygen atoms in total. The number of anilines is 2. The van der Waals surface area contributed by atoms with Gasteiger partial charge in [0.15, 0.2) is 5.69 Å². The Hall–Kier alpha value is -1.64. The highest BCUT2D eigenvalue weighted by Gasteiger charge is 2.02. The highest BCUT2D eigenvalue weighted by molar-refractivity contribution is 9.10. The Balaban J connectivity index is 2.25. The predicted molar refractivity (Wildman–Crippen MR) is 69.2 cm³/mol. The van der Waals surface area contributed by atoms with Crippen LogP contribution in [0.2, 0.25) is 5.02 Å². The van der Waals surface area contributed by atoms with Gasteiger partial charge in [0.05, 0.1) is 18.1 Å². The number of rotatable bonds is 2. The van der Waals surface area contributed by atoms with Crippen molar-refractivity contribution < 1.29 is 0 Å². The molecule has 0 aliphatic heterocycles. The standard InChI is InChI=1S/C11H6BrClN4/c12-9-2-1-7(13)3-10(9)17-11-6-15-8(4-14)5-16-11/h1-3,5-6H,(H,16,17). The second kappa shape index (κ2) is 5.13. The molecule has 1 N–H and O–H groups in total. The van der Waals surface area contributed by atoms with E-state index in [0.29, 0.717) is 10.8 Å². The fourth-order valence-corrected chi connectivity index (χ4v) is 1.70. The van der Waals surface area contributed by atoms with Gasteiger partial charge >= 0.3 is 0 Å². The van der Waals surface area contributed by atoms with Crippen molar-refractivity contribution in [2.75, 3.05) is 5.32 Å². The Bertz CT molecular complexity index is 577. The predicted octanol–water partition coefficient (Wildman–Crippen LogP) is 3.51. The number of halogens is 2. The second-order valence-corrected chi connectivity index (χ2v) is 4.44. The lowest BCUT2D eigenvalue weighted by molar-refractivity contribution is 1.16. The molecule has 0 atom stereocenters. The molecule has 0 aliphatic carbocycles. The van der Waals surface area contributed by atoms with Gasteiger partial charge in [-0.1, -0.05) is 11.6 Å². The van der Waals surface area contributed by atoms with Crippen LogP contribution >= 0.6 is 27.5 Å². The monoisotopic (exact) mass is 308 g/mol. The molecule has 17 heavy (non-hydrogen) atoms. The van der Waals surface area contributed by atoms with Gasteiger partial charge in [-0.2, -0.15) is 5.26 Å². The summed E-state index contributed by atoms with van der Waals surface area (Å²) in [7, 11) is 0. The maximum atomic E-state index is 8.60. The minimum Gasteiger partial charge on any atom is -0.338 e. The Morgan fingerprint density at radius 1 is 1.29 bits per heavy atom. The van der Waals surface area contributed by atoms with E-state index in [1.165, 1.54) is 12.4 Å². The van der Waals surface area contributed by atoms with E-state index < -0.39 is 0 Å². The van der Waals surface area contributed by atoms with Crippen LogP contribution in [0.25, 0.3) is 0 Å². The Labute approximate surface area is 111 Å². The third-order valence-corrected chi connectivity index (χ3v) is 2.88. The van der Waals surface area contributed by atoms with Crippen molar-refractivity contribution >= 4 is 39.0 Å². The number of benzene rings is 1. The lowest BCUT2D eigenvalue weighted by Crippen LogP contribution is -1.96. The summed E-state index contributed by atoms with van der Waals surface area (Å²) < 4.78 is 0.869. The van der Waals surface area contributed by atoms with Crippen LogP contribution in [0.3, 0.4) is 0 Å². The molecule has 0 unspecified atom stereocenters. The fraction of sp³-hybridized carbons (Fsp3) is 0. The summed E-state index contributed by atoms with van der Waals surface area (Å²) in [5, 5.41) is 12.3. The molecule has 0 saturated carbocycles. The van der Waals surface area contributed by atoms with Crippen LogP contribution in [0.1, 0.15) is 5.69 Å². The lowest BCUT2D eigenvalue weighted by atomic mass is 10.3. The van der Waals surface area contributed by atoms with Crippen molar-refractivity contribution in [1.82, 2.24) is 9.97 Å². The Kier molecular flexibility index (Phi) is 3.57. The first-order valence-corrected chi connectivity index (χ1v) is 5.80. The van der Waals surface area contributed by atoms with Crippen LogP contribution in [0, 0.1) is 11.3 Å². The minimum atomic E-state index is 0.278. The highest BCUT2D eigenvalue weighted by atomic mass is 79.9. The lowest BCUT2D eigenvalue weighted by Gasteiger charge is -2.07. The van der Waals surface area contributed by atoms with Crippen molar-refractivity contribution in [3.8, 4) is 6.07 Å². The summed E-state index contributed by atoms with van der Waals surface area (Å²) in [6, 6.07) is 7.29. The average Bonchev–Trinajstić information content (AvgIpc) is 2.35. The molecule has 0 aliphatic rings. The van der Waals surface area contributed by atoms with Crippen LogP contribution < -0.4 is 5.32 Å². The summed E-state index contributed by atoms with van der Waals surface area (Å²) in [5.41, 5.74) is 1.07. The first-order valence-electron chi connectivity index (χ1n) is 4.63.